The summed E-state index contributed by atoms with van der Waals surface area (Å²) in [6.45, 7) is 0.677. The second-order valence-corrected chi connectivity index (χ2v) is 6.30. The number of β-lactam (4-membered cyclic amide) rings is 1. The number of oxime groups is 1. The summed E-state index contributed by atoms with van der Waals surface area (Å²) >= 11 is -1.67. The number of nitrogens with one attached hydrogen (secondary N) is 1. The lowest BCUT2D eigenvalue weighted by Gasteiger charge is -2.42. The van der Waals surface area contributed by atoms with E-state index in [1.807, 2.05) is 0 Å². The zero-order valence-corrected chi connectivity index (χ0v) is 14.7. The highest BCUT2D eigenvalue weighted by atomic mass is 32.2. The van der Waals surface area contributed by atoms with Crippen LogP contribution in [-0.4, -0.2) is 66.1 Å². The van der Waals surface area contributed by atoms with Crippen molar-refractivity contribution in [2.24, 2.45) is 5.16 Å². The molecule has 0 bridgehead atoms. The molecule has 0 spiro atoms. The number of nitrogen functional groups attached to an aromatic ring is 1. The van der Waals surface area contributed by atoms with Gasteiger partial charge in [0.1, 0.15) is 11.7 Å². The van der Waals surface area contributed by atoms with Crippen LogP contribution >= 0.6 is 11.3 Å². The average Bonchev–Trinajstić information content (AvgIpc) is 2.99. The molecule has 1 aliphatic heterocycles. The molecule has 2 rings (SSSR count). The molecule has 1 saturated heterocycles. The van der Waals surface area contributed by atoms with Crippen LogP contribution < -0.4 is 11.1 Å². The van der Waals surface area contributed by atoms with Crippen LogP contribution in [0.2, 0.25) is 0 Å². The van der Waals surface area contributed by atoms with Crippen molar-refractivity contribution in [2.45, 2.75) is 19.0 Å². The fraction of sp³-hybridized carbons (Fsp3) is 0.364. The minimum atomic E-state index is -2.69. The molecule has 1 aromatic rings. The van der Waals surface area contributed by atoms with Gasteiger partial charge in [0.15, 0.2) is 10.8 Å². The van der Waals surface area contributed by atoms with E-state index in [-0.39, 0.29) is 16.5 Å². The number of aromatic nitrogens is 1. The molecule has 15 heteroatoms. The molecule has 26 heavy (non-hydrogen) atoms. The molecule has 1 fully saturated rings. The molecule has 1 aliphatic rings. The summed E-state index contributed by atoms with van der Waals surface area (Å²) in [5.74, 6) is -2.94. The maximum absolute atomic E-state index is 12.4. The molecule has 2 amide bonds. The van der Waals surface area contributed by atoms with Gasteiger partial charge in [0.25, 0.3) is 11.8 Å². The Bertz CT molecular complexity index is 780. The Morgan fingerprint density at radius 2 is 2.27 bits per heavy atom. The summed E-state index contributed by atoms with van der Waals surface area (Å²) in [5.41, 5.74) is 5.14. The van der Waals surface area contributed by atoms with E-state index in [1.165, 1.54) is 12.3 Å². The summed E-state index contributed by atoms with van der Waals surface area (Å²) in [6.07, 6.45) is 0. The zero-order valence-electron chi connectivity index (χ0n) is 13.0. The summed E-state index contributed by atoms with van der Waals surface area (Å²) in [5, 5.41) is 16.5. The number of amides is 2. The zero-order chi connectivity index (χ0) is 19.4. The third-order valence-corrected chi connectivity index (χ3v) is 4.05. The van der Waals surface area contributed by atoms with E-state index < -0.39 is 47.8 Å². The van der Waals surface area contributed by atoms with Crippen LogP contribution in [0.15, 0.2) is 10.5 Å². The highest BCUT2D eigenvalue weighted by Crippen LogP contribution is 2.21. The van der Waals surface area contributed by atoms with E-state index in [4.69, 9.17) is 15.4 Å². The van der Waals surface area contributed by atoms with E-state index in [9.17, 15) is 18.6 Å². The van der Waals surface area contributed by atoms with Crippen molar-refractivity contribution in [2.75, 3.05) is 12.3 Å². The van der Waals surface area contributed by atoms with E-state index in [0.717, 1.165) is 11.3 Å². The van der Waals surface area contributed by atoms with Gasteiger partial charge < -0.3 is 21.0 Å². The molecular weight excluding hydrogens is 394 g/mol. The summed E-state index contributed by atoms with van der Waals surface area (Å²) < 4.78 is 23.6. The normalized spacial score (nSPS) is 21.1. The first-order valence-corrected chi connectivity index (χ1v) is 8.68. The predicted molar refractivity (Wildman–Crippen MR) is 86.7 cm³/mol. The lowest BCUT2D eigenvalue weighted by molar-refractivity contribution is -0.194. The lowest BCUT2D eigenvalue weighted by Crippen LogP contribution is -2.69. The number of carboxylic acid groups (broad SMARTS) is 1. The standard InChI is InChI=1S/C11H13N5O8S2/c1-4-7(10(20)16(4)24-26(21)22)14-9(19)8(15-23-2-6(17)18)5-3-25-11(12)13-5/h3-4,7H,2H2,1H3,(H2,12,13)(H,14,19)(H,17,18)(H,21,22)/b15-8-/t4?,7-/m0/s1. The Kier molecular flexibility index (Phi) is 6.19. The van der Waals surface area contributed by atoms with Gasteiger partial charge in [0, 0.05) is 5.38 Å². The fourth-order valence-corrected chi connectivity index (χ4v) is 2.81. The second-order valence-electron chi connectivity index (χ2n) is 4.83. The molecule has 2 heterocycles. The molecule has 5 N–H and O–H groups in total. The van der Waals surface area contributed by atoms with Gasteiger partial charge >= 0.3 is 17.3 Å². The molecule has 3 atom stereocenters. The number of carboxylic acids is 1. The third-order valence-electron chi connectivity index (χ3n) is 3.09. The molecule has 2 unspecified atom stereocenters. The number of carbonyl (C=O) groups excluding carboxylic acids is 2. The summed E-state index contributed by atoms with van der Waals surface area (Å²) in [7, 11) is 0. The summed E-state index contributed by atoms with van der Waals surface area (Å²) in [6, 6.07) is -1.78. The first-order chi connectivity index (χ1) is 12.2. The van der Waals surface area contributed by atoms with E-state index in [1.54, 1.807) is 0 Å². The van der Waals surface area contributed by atoms with Gasteiger partial charge in [-0.2, -0.15) is 9.27 Å². The number of hydrogen-bond acceptors (Lipinski definition) is 10. The largest absolute Gasteiger partial charge is 0.479 e. The van der Waals surface area contributed by atoms with Gasteiger partial charge in [-0.3, -0.25) is 14.1 Å². The van der Waals surface area contributed by atoms with Crippen LogP contribution in [0.4, 0.5) is 5.13 Å². The van der Waals surface area contributed by atoms with Crippen LogP contribution in [-0.2, 0) is 34.9 Å². The highest BCUT2D eigenvalue weighted by molar-refractivity contribution is 7.74. The number of carbonyl (C=O) groups is 3. The Balaban J connectivity index is 2.11. The molecule has 142 valence electrons. The maximum Gasteiger partial charge on any atom is 0.344 e. The second kappa shape index (κ2) is 8.17. The van der Waals surface area contributed by atoms with Crippen LogP contribution in [0.1, 0.15) is 12.6 Å². The number of aliphatic carboxylic acids is 1. The quantitative estimate of drug-likeness (QED) is 0.167. The van der Waals surface area contributed by atoms with Gasteiger partial charge in [-0.25, -0.2) is 9.78 Å². The van der Waals surface area contributed by atoms with Gasteiger partial charge in [-0.15, -0.1) is 15.6 Å². The number of thiazole rings is 1. The van der Waals surface area contributed by atoms with Gasteiger partial charge in [0.2, 0.25) is 6.61 Å². The first kappa shape index (κ1) is 19.7. The van der Waals surface area contributed by atoms with Crippen LogP contribution in [0.5, 0.6) is 0 Å². The monoisotopic (exact) mass is 407 g/mol. The lowest BCUT2D eigenvalue weighted by atomic mass is 10.00. The van der Waals surface area contributed by atoms with Crippen molar-refractivity contribution in [1.29, 1.82) is 0 Å². The Morgan fingerprint density at radius 1 is 1.58 bits per heavy atom. The van der Waals surface area contributed by atoms with Crippen molar-refractivity contribution in [1.82, 2.24) is 15.4 Å². The van der Waals surface area contributed by atoms with Gasteiger partial charge in [-0.1, -0.05) is 5.16 Å². The molecule has 13 nitrogen and oxygen atoms in total. The number of hydrogen-bond donors (Lipinski definition) is 4. The van der Waals surface area contributed by atoms with Crippen LogP contribution in [0.25, 0.3) is 0 Å². The van der Waals surface area contributed by atoms with Crippen molar-refractivity contribution >= 4 is 51.3 Å². The maximum atomic E-state index is 12.4. The Hall–Kier alpha value is -2.62. The topological polar surface area (TPSA) is 194 Å². The predicted octanol–water partition coefficient (Wildman–Crippen LogP) is -1.69. The molecule has 0 aromatic carbocycles. The van der Waals surface area contributed by atoms with Crippen molar-refractivity contribution in [3.05, 3.63) is 11.1 Å². The fourth-order valence-electron chi connectivity index (χ4n) is 1.92. The van der Waals surface area contributed by atoms with Crippen molar-refractivity contribution in [3.8, 4) is 0 Å². The number of anilines is 1. The van der Waals surface area contributed by atoms with E-state index in [2.05, 4.69) is 24.6 Å². The highest BCUT2D eigenvalue weighted by Gasteiger charge is 2.48. The number of rotatable bonds is 8. The van der Waals surface area contributed by atoms with Gasteiger partial charge in [-0.05, 0) is 6.92 Å². The Labute approximate surface area is 152 Å². The third kappa shape index (κ3) is 4.51. The van der Waals surface area contributed by atoms with Crippen LogP contribution in [0, 0.1) is 0 Å². The number of nitrogens with zero attached hydrogens (tertiary/aromatic N) is 3. The Morgan fingerprint density at radius 3 is 2.77 bits per heavy atom. The SMILES string of the molecule is CC1[C@H](NC(=O)/C(=N\OCC(=O)O)c2csc(N)n2)C(=O)N1OS(=O)O. The minimum absolute atomic E-state index is 0.0272. The van der Waals surface area contributed by atoms with Crippen LogP contribution in [0.3, 0.4) is 0 Å². The molecule has 1 aromatic heterocycles. The molecule has 0 aliphatic carbocycles. The number of hydroxylamine groups is 2. The van der Waals surface area contributed by atoms with Gasteiger partial charge in [0.05, 0.1) is 6.04 Å². The number of nitrogens with two attached hydrogens (primary N) is 1. The molecule has 0 radical (unpaired) electrons. The van der Waals surface area contributed by atoms with E-state index >= 15 is 0 Å². The average molecular weight is 407 g/mol. The van der Waals surface area contributed by atoms with Crippen molar-refractivity contribution in [3.63, 3.8) is 0 Å². The first-order valence-electron chi connectivity index (χ1n) is 6.77. The van der Waals surface area contributed by atoms with Crippen molar-refractivity contribution < 1.29 is 37.4 Å². The summed E-state index contributed by atoms with van der Waals surface area (Å²) in [4.78, 5) is 43.2. The smallest absolute Gasteiger partial charge is 0.344 e. The minimum Gasteiger partial charge on any atom is -0.479 e. The molecular formula is C11H13N5O8S2. The molecule has 0 saturated carbocycles. The van der Waals surface area contributed by atoms with E-state index in [0.29, 0.717) is 5.06 Å².